The van der Waals surface area contributed by atoms with Gasteiger partial charge in [-0.05, 0) is 133 Å². The van der Waals surface area contributed by atoms with Crippen LogP contribution < -0.4 is 0 Å². The molecule has 0 fully saturated rings. The summed E-state index contributed by atoms with van der Waals surface area (Å²) < 4.78 is 67.1. The highest BCUT2D eigenvalue weighted by molar-refractivity contribution is 5.83. The predicted molar refractivity (Wildman–Crippen MR) is 147 cm³/mol. The molecule has 4 aromatic carbocycles. The zero-order valence-electron chi connectivity index (χ0n) is 20.9. The molecule has 0 amide bonds. The Kier molecular flexibility index (Phi) is 6.66. The molecule has 0 aromatic heterocycles. The van der Waals surface area contributed by atoms with Gasteiger partial charge >= 0.3 is 0 Å². The monoisotopic (exact) mass is 536 g/mol. The third kappa shape index (κ3) is 5.38. The molecule has 0 saturated carbocycles. The van der Waals surface area contributed by atoms with Gasteiger partial charge in [-0.3, -0.25) is 0 Å². The van der Waals surface area contributed by atoms with E-state index in [4.69, 9.17) is 9.47 Å². The van der Waals surface area contributed by atoms with Gasteiger partial charge in [0.15, 0.2) is 0 Å². The van der Waals surface area contributed by atoms with Gasteiger partial charge in [-0.2, -0.15) is 0 Å². The van der Waals surface area contributed by atoms with Crippen molar-refractivity contribution in [3.8, 4) is 0 Å². The molecule has 2 nitrogen and oxygen atoms in total. The van der Waals surface area contributed by atoms with Gasteiger partial charge in [-0.25, -0.2) is 17.6 Å². The van der Waals surface area contributed by atoms with Crippen LogP contribution in [0.4, 0.5) is 17.6 Å². The summed E-state index contributed by atoms with van der Waals surface area (Å²) >= 11 is 0. The molecule has 0 unspecified atom stereocenters. The Labute approximate surface area is 228 Å². The van der Waals surface area contributed by atoms with E-state index in [1.54, 1.807) is 48.5 Å². The molecule has 0 bridgehead atoms. The second-order valence-corrected chi connectivity index (χ2v) is 9.18. The molecule has 6 heteroatoms. The number of hydrogen-bond acceptors (Lipinski definition) is 2. The maximum atomic E-state index is 13.7. The van der Waals surface area contributed by atoms with Crippen molar-refractivity contribution < 1.29 is 27.0 Å². The summed E-state index contributed by atoms with van der Waals surface area (Å²) in [7, 11) is 0. The van der Waals surface area contributed by atoms with Gasteiger partial charge in [0, 0.05) is 22.3 Å². The van der Waals surface area contributed by atoms with Crippen LogP contribution in [0.15, 0.2) is 133 Å². The first-order valence-electron chi connectivity index (χ1n) is 12.4. The molecule has 0 spiro atoms. The van der Waals surface area contributed by atoms with Gasteiger partial charge in [0.2, 0.25) is 0 Å². The molecule has 6 rings (SSSR count). The molecule has 0 atom stereocenters. The summed E-state index contributed by atoms with van der Waals surface area (Å²) in [6, 6.07) is 23.6. The molecular formula is C34H20F4O2. The second kappa shape index (κ2) is 10.6. The first-order valence-corrected chi connectivity index (χ1v) is 12.4. The van der Waals surface area contributed by atoms with Gasteiger partial charge in [0.25, 0.3) is 0 Å². The molecule has 4 aromatic rings. The average Bonchev–Trinajstić information content (AvgIpc) is 2.98. The van der Waals surface area contributed by atoms with Crippen LogP contribution in [0.25, 0.3) is 23.0 Å². The molecular weight excluding hydrogens is 516 g/mol. The Morgan fingerprint density at radius 1 is 0.300 bits per heavy atom. The molecule has 196 valence electrons. The minimum Gasteiger partial charge on any atom is -0.456 e. The third-order valence-electron chi connectivity index (χ3n) is 6.43. The summed E-state index contributed by atoms with van der Waals surface area (Å²) in [4.78, 5) is 0. The highest BCUT2D eigenvalue weighted by Gasteiger charge is 2.21. The minimum atomic E-state index is -0.379. The lowest BCUT2D eigenvalue weighted by molar-refractivity contribution is 0.464. The minimum absolute atomic E-state index is 0.379. The molecule has 2 aliphatic heterocycles. The predicted octanol–water partition coefficient (Wildman–Crippen LogP) is 9.06. The van der Waals surface area contributed by atoms with Crippen LogP contribution >= 0.6 is 0 Å². The lowest BCUT2D eigenvalue weighted by Gasteiger charge is -2.23. The lowest BCUT2D eigenvalue weighted by atomic mass is 9.96. The molecule has 2 heterocycles. The van der Waals surface area contributed by atoms with Crippen LogP contribution in [0, 0.1) is 23.3 Å². The first-order chi connectivity index (χ1) is 19.4. The van der Waals surface area contributed by atoms with E-state index in [2.05, 4.69) is 0 Å². The molecule has 0 N–H and O–H groups in total. The Morgan fingerprint density at radius 3 is 0.700 bits per heavy atom. The van der Waals surface area contributed by atoms with Crippen molar-refractivity contribution in [1.82, 2.24) is 0 Å². The molecule has 0 saturated heterocycles. The number of rotatable bonds is 4. The van der Waals surface area contributed by atoms with E-state index < -0.39 is 0 Å². The topological polar surface area (TPSA) is 18.5 Å². The Morgan fingerprint density at radius 2 is 0.500 bits per heavy atom. The Bertz CT molecular complexity index is 1470. The van der Waals surface area contributed by atoms with Crippen LogP contribution in [0.5, 0.6) is 0 Å². The molecule has 40 heavy (non-hydrogen) atoms. The fourth-order valence-electron chi connectivity index (χ4n) is 4.36. The standard InChI is InChI=1S/C34H20F4O2/c35-27-9-1-21(2-10-27)31-17-25(18-32(39-31)22-3-11-28(36)12-4-22)26-19-33(23-5-13-29(37)14-6-23)40-34(20-26)24-7-15-30(38)16-8-24/h1-20H. The summed E-state index contributed by atoms with van der Waals surface area (Å²) in [6.07, 6.45) is 7.27. The summed E-state index contributed by atoms with van der Waals surface area (Å²) in [6.45, 7) is 0. The number of allylic oxidation sites excluding steroid dienone is 6. The maximum Gasteiger partial charge on any atom is 0.135 e. The van der Waals surface area contributed by atoms with Crippen molar-refractivity contribution >= 4 is 23.0 Å². The highest BCUT2D eigenvalue weighted by atomic mass is 19.1. The second-order valence-electron chi connectivity index (χ2n) is 9.18. The quantitative estimate of drug-likeness (QED) is 0.242. The van der Waals surface area contributed by atoms with Crippen molar-refractivity contribution in [2.45, 2.75) is 0 Å². The van der Waals surface area contributed by atoms with Crippen molar-refractivity contribution in [2.75, 3.05) is 0 Å². The van der Waals surface area contributed by atoms with Crippen molar-refractivity contribution in [3.05, 3.63) is 178 Å². The normalized spacial score (nSPS) is 14.9. The van der Waals surface area contributed by atoms with E-state index in [0.717, 1.165) is 11.1 Å². The van der Waals surface area contributed by atoms with Crippen LogP contribution in [0.1, 0.15) is 22.3 Å². The van der Waals surface area contributed by atoms with Gasteiger partial charge in [-0.15, -0.1) is 0 Å². The number of halogens is 4. The average molecular weight is 537 g/mol. The van der Waals surface area contributed by atoms with E-state index in [0.29, 0.717) is 45.3 Å². The molecule has 0 radical (unpaired) electrons. The Balaban J connectivity index is 1.54. The fraction of sp³-hybridized carbons (Fsp3) is 0. The number of hydrogen-bond donors (Lipinski definition) is 0. The Hall–Kier alpha value is -5.10. The SMILES string of the molecule is Fc1ccc(C2=CC(=C3C=C(c4ccc(F)cc4)OC(c4ccc(F)cc4)=C3)C=C(c3ccc(F)cc3)O2)cc1. The first kappa shape index (κ1) is 25.2. The van der Waals surface area contributed by atoms with Crippen molar-refractivity contribution in [1.29, 1.82) is 0 Å². The van der Waals surface area contributed by atoms with E-state index in [9.17, 15) is 17.6 Å². The molecule has 0 aliphatic carbocycles. The van der Waals surface area contributed by atoms with Gasteiger partial charge in [0.1, 0.15) is 46.3 Å². The van der Waals surface area contributed by atoms with Crippen molar-refractivity contribution in [2.24, 2.45) is 0 Å². The van der Waals surface area contributed by atoms with Gasteiger partial charge < -0.3 is 9.47 Å². The van der Waals surface area contributed by atoms with E-state index in [-0.39, 0.29) is 23.3 Å². The van der Waals surface area contributed by atoms with Crippen LogP contribution in [-0.4, -0.2) is 0 Å². The summed E-state index contributed by atoms with van der Waals surface area (Å²) in [5.74, 6) is 0.335. The maximum absolute atomic E-state index is 13.7. The van der Waals surface area contributed by atoms with E-state index in [1.807, 2.05) is 24.3 Å². The largest absolute Gasteiger partial charge is 0.456 e. The smallest absolute Gasteiger partial charge is 0.135 e. The van der Waals surface area contributed by atoms with Crippen LogP contribution in [-0.2, 0) is 9.47 Å². The zero-order valence-corrected chi connectivity index (χ0v) is 20.9. The van der Waals surface area contributed by atoms with Gasteiger partial charge in [-0.1, -0.05) is 0 Å². The lowest BCUT2D eigenvalue weighted by Crippen LogP contribution is -2.04. The van der Waals surface area contributed by atoms with E-state index in [1.165, 1.54) is 48.5 Å². The number of ether oxygens (including phenoxy) is 2. The summed E-state index contributed by atoms with van der Waals surface area (Å²) in [5.41, 5.74) is 4.03. The van der Waals surface area contributed by atoms with Crippen LogP contribution in [0.3, 0.4) is 0 Å². The number of benzene rings is 4. The third-order valence-corrected chi connectivity index (χ3v) is 6.43. The fourth-order valence-corrected chi connectivity index (χ4v) is 4.36. The van der Waals surface area contributed by atoms with Crippen LogP contribution in [0.2, 0.25) is 0 Å². The van der Waals surface area contributed by atoms with E-state index >= 15 is 0 Å². The van der Waals surface area contributed by atoms with Crippen molar-refractivity contribution in [3.63, 3.8) is 0 Å². The van der Waals surface area contributed by atoms with Gasteiger partial charge in [0.05, 0.1) is 0 Å². The zero-order chi connectivity index (χ0) is 27.6. The summed E-state index contributed by atoms with van der Waals surface area (Å²) in [5, 5.41) is 0. The highest BCUT2D eigenvalue weighted by Crippen LogP contribution is 2.38. The molecule has 2 aliphatic rings.